The number of unbranched alkanes of at least 4 members (excludes halogenated alkanes) is 4. The molecule has 0 heterocycles. The van der Waals surface area contributed by atoms with Crippen LogP contribution in [-0.4, -0.2) is 142 Å². The van der Waals surface area contributed by atoms with Crippen molar-refractivity contribution in [2.24, 2.45) is 0 Å². The molecule has 0 radical (unpaired) electrons. The first-order valence-corrected chi connectivity index (χ1v) is 15.8. The quantitative estimate of drug-likeness (QED) is 0.0977. The zero-order valence-corrected chi connectivity index (χ0v) is 26.5. The predicted molar refractivity (Wildman–Crippen MR) is 161 cm³/mol. The molecular formula is C30H59NO12. The maximum atomic E-state index is 11.3. The molecule has 13 nitrogen and oxygen atoms in total. The van der Waals surface area contributed by atoms with Crippen molar-refractivity contribution in [3.63, 3.8) is 0 Å². The summed E-state index contributed by atoms with van der Waals surface area (Å²) in [6.45, 7) is 12.2. The van der Waals surface area contributed by atoms with Crippen molar-refractivity contribution in [1.82, 2.24) is 5.32 Å². The summed E-state index contributed by atoms with van der Waals surface area (Å²) < 4.78 is 49.2. The lowest BCUT2D eigenvalue weighted by Crippen LogP contribution is -2.25. The lowest BCUT2D eigenvalue weighted by Gasteiger charge is -2.09. The van der Waals surface area contributed by atoms with E-state index in [0.29, 0.717) is 125 Å². The van der Waals surface area contributed by atoms with E-state index in [9.17, 15) is 9.59 Å². The molecule has 0 fully saturated rings. The fourth-order valence-electron chi connectivity index (χ4n) is 3.38. The third-order valence-corrected chi connectivity index (χ3v) is 5.72. The first kappa shape index (κ1) is 41.6. The average Bonchev–Trinajstić information content (AvgIpc) is 3.00. The molecular weight excluding hydrogens is 566 g/mol. The number of aliphatic carboxylic acids is 1. The summed E-state index contributed by atoms with van der Waals surface area (Å²) in [5.74, 6) is -1.24. The number of rotatable bonds is 37. The third kappa shape index (κ3) is 38.6. The number of carboxylic acids is 1. The Hall–Kier alpha value is -1.42. The maximum absolute atomic E-state index is 11.3. The lowest BCUT2D eigenvalue weighted by atomic mass is 10.2. The number of carbonyl (C=O) groups excluding carboxylic acids is 1. The molecule has 0 aliphatic rings. The summed E-state index contributed by atoms with van der Waals surface area (Å²) in [4.78, 5) is 21.7. The van der Waals surface area contributed by atoms with Crippen LogP contribution in [0.15, 0.2) is 0 Å². The largest absolute Gasteiger partial charge is 0.481 e. The molecule has 0 aliphatic heterocycles. The zero-order valence-electron chi connectivity index (χ0n) is 26.5. The highest BCUT2D eigenvalue weighted by atomic mass is 16.6. The van der Waals surface area contributed by atoms with Gasteiger partial charge in [0.2, 0.25) is 5.91 Å². The third-order valence-electron chi connectivity index (χ3n) is 5.72. The Kier molecular flexibility index (Phi) is 35.6. The van der Waals surface area contributed by atoms with E-state index in [1.54, 1.807) is 0 Å². The molecule has 0 unspecified atom stereocenters. The normalized spacial score (nSPS) is 11.3. The number of amides is 1. The summed E-state index contributed by atoms with van der Waals surface area (Å²) in [7, 11) is 0. The number of carboxylic acid groups (broad SMARTS) is 1. The molecule has 0 aliphatic carbocycles. The Morgan fingerprint density at radius 2 is 0.767 bits per heavy atom. The minimum atomic E-state index is -0.979. The first-order chi connectivity index (χ1) is 21.2. The van der Waals surface area contributed by atoms with Crippen LogP contribution in [-0.2, 0) is 52.2 Å². The van der Waals surface area contributed by atoms with Crippen LogP contribution in [0.25, 0.3) is 0 Å². The van der Waals surface area contributed by atoms with Crippen molar-refractivity contribution in [3.8, 4) is 0 Å². The molecule has 0 rings (SSSR count). The van der Waals surface area contributed by atoms with Crippen molar-refractivity contribution in [2.75, 3.05) is 125 Å². The Morgan fingerprint density at radius 3 is 1.12 bits per heavy atom. The predicted octanol–water partition coefficient (Wildman–Crippen LogP) is 2.48. The van der Waals surface area contributed by atoms with E-state index in [2.05, 4.69) is 12.2 Å². The summed E-state index contributed by atoms with van der Waals surface area (Å²) in [6, 6.07) is 0. The highest BCUT2D eigenvalue weighted by molar-refractivity contribution is 5.80. The van der Waals surface area contributed by atoms with E-state index in [1.807, 2.05) is 0 Å². The molecule has 0 saturated carbocycles. The van der Waals surface area contributed by atoms with Gasteiger partial charge in [-0.15, -0.1) is 0 Å². The van der Waals surface area contributed by atoms with Crippen LogP contribution in [0.1, 0.15) is 58.3 Å². The van der Waals surface area contributed by atoms with E-state index in [1.165, 1.54) is 25.7 Å². The number of nitrogens with one attached hydrogen (secondary N) is 1. The summed E-state index contributed by atoms with van der Waals surface area (Å²) in [6.07, 6.45) is 6.74. The molecule has 0 aromatic rings. The Balaban J connectivity index is 3.08. The van der Waals surface area contributed by atoms with E-state index in [-0.39, 0.29) is 18.7 Å². The van der Waals surface area contributed by atoms with E-state index < -0.39 is 5.97 Å². The second-order valence-electron chi connectivity index (χ2n) is 9.52. The number of ether oxygens (including phenoxy) is 9. The van der Waals surface area contributed by atoms with Crippen LogP contribution < -0.4 is 5.32 Å². The minimum Gasteiger partial charge on any atom is -0.481 e. The smallest absolute Gasteiger partial charge is 0.303 e. The molecule has 0 spiro atoms. The molecule has 43 heavy (non-hydrogen) atoms. The standard InChI is InChI=1S/C30H59NO12/c1-2-3-4-5-6-11-35-13-15-37-17-19-39-21-23-41-25-27-43-28-26-42-24-22-40-20-18-38-16-14-36-12-7-10-31-29(32)8-9-30(33)34/h2-28H2,1H3,(H,31,32)(H,33,34). The van der Waals surface area contributed by atoms with E-state index >= 15 is 0 Å². The van der Waals surface area contributed by atoms with E-state index in [4.69, 9.17) is 47.7 Å². The second kappa shape index (κ2) is 36.8. The summed E-state index contributed by atoms with van der Waals surface area (Å²) >= 11 is 0. The van der Waals surface area contributed by atoms with Gasteiger partial charge in [-0.05, 0) is 12.8 Å². The van der Waals surface area contributed by atoms with Gasteiger partial charge in [-0.25, -0.2) is 0 Å². The Bertz CT molecular complexity index is 585. The number of hydrogen-bond donors (Lipinski definition) is 2. The monoisotopic (exact) mass is 625 g/mol. The number of hydrogen-bond acceptors (Lipinski definition) is 11. The molecule has 0 aromatic heterocycles. The summed E-state index contributed by atoms with van der Waals surface area (Å²) in [5.41, 5.74) is 0. The van der Waals surface area contributed by atoms with Crippen LogP contribution in [0.3, 0.4) is 0 Å². The van der Waals surface area contributed by atoms with Crippen LogP contribution >= 0.6 is 0 Å². The average molecular weight is 626 g/mol. The van der Waals surface area contributed by atoms with Gasteiger partial charge in [0.1, 0.15) is 0 Å². The van der Waals surface area contributed by atoms with Crippen molar-refractivity contribution in [2.45, 2.75) is 58.3 Å². The SMILES string of the molecule is CCCCCCCOCCOCCOCCOCCOCCOCCOCCOCCOCCCNC(=O)CCC(=O)O. The molecule has 13 heteroatoms. The zero-order chi connectivity index (χ0) is 31.3. The van der Waals surface area contributed by atoms with Crippen LogP contribution in [0, 0.1) is 0 Å². The molecule has 1 amide bonds. The second-order valence-corrected chi connectivity index (χ2v) is 9.52. The molecule has 0 aromatic carbocycles. The van der Waals surface area contributed by atoms with Crippen molar-refractivity contribution in [1.29, 1.82) is 0 Å². The van der Waals surface area contributed by atoms with Gasteiger partial charge in [-0.3, -0.25) is 9.59 Å². The molecule has 2 N–H and O–H groups in total. The van der Waals surface area contributed by atoms with Gasteiger partial charge in [0.15, 0.2) is 0 Å². The minimum absolute atomic E-state index is 0.00572. The highest BCUT2D eigenvalue weighted by Crippen LogP contribution is 2.02. The lowest BCUT2D eigenvalue weighted by molar-refractivity contribution is -0.138. The van der Waals surface area contributed by atoms with Gasteiger partial charge in [0.05, 0.1) is 112 Å². The van der Waals surface area contributed by atoms with Crippen molar-refractivity contribution < 1.29 is 57.3 Å². The molecule has 0 atom stereocenters. The van der Waals surface area contributed by atoms with Gasteiger partial charge in [0.25, 0.3) is 0 Å². The topological polar surface area (TPSA) is 149 Å². The van der Waals surface area contributed by atoms with Crippen LogP contribution in [0.2, 0.25) is 0 Å². The molecule has 256 valence electrons. The van der Waals surface area contributed by atoms with Gasteiger partial charge in [0, 0.05) is 26.2 Å². The fraction of sp³-hybridized carbons (Fsp3) is 0.933. The molecule has 0 bridgehead atoms. The van der Waals surface area contributed by atoms with Gasteiger partial charge < -0.3 is 53.1 Å². The van der Waals surface area contributed by atoms with Gasteiger partial charge >= 0.3 is 5.97 Å². The van der Waals surface area contributed by atoms with Crippen molar-refractivity contribution >= 4 is 11.9 Å². The maximum Gasteiger partial charge on any atom is 0.303 e. The van der Waals surface area contributed by atoms with Crippen LogP contribution in [0.4, 0.5) is 0 Å². The first-order valence-electron chi connectivity index (χ1n) is 15.8. The molecule has 0 saturated heterocycles. The fourth-order valence-corrected chi connectivity index (χ4v) is 3.38. The van der Waals surface area contributed by atoms with Crippen molar-refractivity contribution in [3.05, 3.63) is 0 Å². The van der Waals surface area contributed by atoms with E-state index in [0.717, 1.165) is 13.0 Å². The van der Waals surface area contributed by atoms with Gasteiger partial charge in [-0.2, -0.15) is 0 Å². The Labute approximate surface area is 258 Å². The summed E-state index contributed by atoms with van der Waals surface area (Å²) in [5, 5.41) is 11.2. The Morgan fingerprint density at radius 1 is 0.442 bits per heavy atom. The van der Waals surface area contributed by atoms with Crippen LogP contribution in [0.5, 0.6) is 0 Å². The number of carbonyl (C=O) groups is 2. The highest BCUT2D eigenvalue weighted by Gasteiger charge is 2.04. The van der Waals surface area contributed by atoms with Gasteiger partial charge in [-0.1, -0.05) is 32.6 Å².